The van der Waals surface area contributed by atoms with Crippen molar-refractivity contribution in [1.29, 1.82) is 0 Å². The Labute approximate surface area is 221 Å². The van der Waals surface area contributed by atoms with E-state index in [0.717, 1.165) is 16.0 Å². The highest BCUT2D eigenvalue weighted by Crippen LogP contribution is 2.33. The van der Waals surface area contributed by atoms with E-state index in [-0.39, 0.29) is 5.02 Å². The molecule has 0 saturated carbocycles. The number of nitrogens with zero attached hydrogens (tertiary/aromatic N) is 3. The van der Waals surface area contributed by atoms with Crippen LogP contribution in [0.25, 0.3) is 0 Å². The van der Waals surface area contributed by atoms with Gasteiger partial charge in [-0.2, -0.15) is 13.2 Å². The molecule has 0 radical (unpaired) electrons. The first-order valence-electron chi connectivity index (χ1n) is 7.12. The standard InChI is InChI=1S/C6H2Cl2F3N.C5H2BrCl2N.C5H2Cl2IN/c7-3-1-4(8)5(12-2-3)6(9,10)11;6-5-4(8)1-3(7)2-9-5;6-3-1-4(7)5(8)9-2-3/h1-2H;2*1-2H. The minimum Gasteiger partial charge on any atom is -0.249 e. The third-order valence-electron chi connectivity index (χ3n) is 2.60. The van der Waals surface area contributed by atoms with E-state index < -0.39 is 16.9 Å². The SMILES string of the molecule is Clc1cnc(Br)c(Cl)c1.Clc1cnc(I)c(Cl)c1.FC(F)(F)c1ncc(Cl)cc1Cl. The van der Waals surface area contributed by atoms with Crippen molar-refractivity contribution in [3.8, 4) is 0 Å². The topological polar surface area (TPSA) is 38.7 Å². The molecule has 0 N–H and O–H groups in total. The number of hydrogen-bond donors (Lipinski definition) is 0. The summed E-state index contributed by atoms with van der Waals surface area (Å²) in [6.07, 6.45) is -0.537. The van der Waals surface area contributed by atoms with Crippen molar-refractivity contribution in [3.63, 3.8) is 0 Å². The van der Waals surface area contributed by atoms with Crippen LogP contribution in [0.15, 0.2) is 41.4 Å². The molecule has 0 unspecified atom stereocenters. The van der Waals surface area contributed by atoms with Gasteiger partial charge in [-0.3, -0.25) is 0 Å². The number of pyridine rings is 3. The molecule has 3 rings (SSSR count). The van der Waals surface area contributed by atoms with Crippen LogP contribution in [0, 0.1) is 3.70 Å². The van der Waals surface area contributed by atoms with Crippen LogP contribution in [0.3, 0.4) is 0 Å². The molecule has 3 nitrogen and oxygen atoms in total. The molecule has 3 aromatic rings. The zero-order valence-electron chi connectivity index (χ0n) is 14.0. The number of aromatic nitrogens is 3. The van der Waals surface area contributed by atoms with E-state index in [4.69, 9.17) is 69.6 Å². The minimum atomic E-state index is -4.53. The molecule has 0 fully saturated rings. The third kappa shape index (κ3) is 10.2. The Morgan fingerprint density at radius 1 is 0.700 bits per heavy atom. The van der Waals surface area contributed by atoms with Crippen LogP contribution < -0.4 is 0 Å². The Kier molecular flexibility index (Phi) is 12.3. The van der Waals surface area contributed by atoms with Gasteiger partial charge in [0.1, 0.15) is 8.30 Å². The molecule has 0 aliphatic carbocycles. The van der Waals surface area contributed by atoms with Gasteiger partial charge in [0.15, 0.2) is 5.69 Å². The van der Waals surface area contributed by atoms with Crippen molar-refractivity contribution in [2.24, 2.45) is 0 Å². The second-order valence-electron chi connectivity index (χ2n) is 4.83. The van der Waals surface area contributed by atoms with E-state index >= 15 is 0 Å². The molecular formula is C16H6BrCl6F3IN3. The summed E-state index contributed by atoms with van der Waals surface area (Å²) in [6, 6.07) is 4.29. The number of hydrogen-bond acceptors (Lipinski definition) is 3. The molecule has 30 heavy (non-hydrogen) atoms. The molecule has 0 atom stereocenters. The van der Waals surface area contributed by atoms with Gasteiger partial charge in [0.25, 0.3) is 0 Å². The number of halogens is 11. The zero-order valence-corrected chi connectivity index (χ0v) is 22.2. The van der Waals surface area contributed by atoms with E-state index in [1.165, 1.54) is 6.20 Å². The Morgan fingerprint density at radius 3 is 1.50 bits per heavy atom. The predicted octanol–water partition coefficient (Wildman–Crippen LogP) is 9.55. The maximum Gasteiger partial charge on any atom is 0.434 e. The zero-order chi connectivity index (χ0) is 23.1. The largest absolute Gasteiger partial charge is 0.434 e. The Morgan fingerprint density at radius 2 is 1.13 bits per heavy atom. The lowest BCUT2D eigenvalue weighted by Crippen LogP contribution is -2.08. The van der Waals surface area contributed by atoms with E-state index in [1.54, 1.807) is 18.3 Å². The smallest absolute Gasteiger partial charge is 0.249 e. The first-order valence-corrected chi connectivity index (χ1v) is 11.3. The molecule has 0 aliphatic rings. The monoisotopic (exact) mass is 713 g/mol. The summed E-state index contributed by atoms with van der Waals surface area (Å²) in [5.41, 5.74) is -1.12. The number of rotatable bonds is 0. The Hall–Kier alpha value is 0.190. The van der Waals surface area contributed by atoms with Crippen LogP contribution in [-0.4, -0.2) is 15.0 Å². The summed E-state index contributed by atoms with van der Waals surface area (Å²) in [6.45, 7) is 0. The Balaban J connectivity index is 0.000000229. The van der Waals surface area contributed by atoms with Crippen LogP contribution in [-0.2, 0) is 6.18 Å². The predicted molar refractivity (Wildman–Crippen MR) is 128 cm³/mol. The van der Waals surface area contributed by atoms with E-state index in [0.29, 0.717) is 24.7 Å². The summed E-state index contributed by atoms with van der Waals surface area (Å²) in [7, 11) is 0. The second-order valence-corrected chi connectivity index (χ2v) is 9.14. The number of alkyl halides is 3. The molecule has 0 amide bonds. The fraction of sp³-hybridized carbons (Fsp3) is 0.0625. The molecule has 0 aliphatic heterocycles. The fourth-order valence-corrected chi connectivity index (χ4v) is 3.18. The molecule has 0 saturated heterocycles. The van der Waals surface area contributed by atoms with E-state index in [2.05, 4.69) is 30.9 Å². The first kappa shape index (κ1) is 28.2. The molecule has 162 valence electrons. The maximum absolute atomic E-state index is 12.0. The van der Waals surface area contributed by atoms with Gasteiger partial charge in [0.2, 0.25) is 0 Å². The van der Waals surface area contributed by atoms with Gasteiger partial charge in [-0.05, 0) is 56.7 Å². The molecular weight excluding hydrogens is 711 g/mol. The molecule has 0 spiro atoms. The molecule has 3 heterocycles. The van der Waals surface area contributed by atoms with Crippen molar-refractivity contribution >= 4 is 108 Å². The summed E-state index contributed by atoms with van der Waals surface area (Å²) >= 11 is 38.2. The van der Waals surface area contributed by atoms with Crippen molar-refractivity contribution < 1.29 is 13.2 Å². The van der Waals surface area contributed by atoms with Gasteiger partial charge in [0.05, 0.1) is 30.1 Å². The van der Waals surface area contributed by atoms with E-state index in [9.17, 15) is 13.2 Å². The molecule has 0 bridgehead atoms. The average molecular weight is 717 g/mol. The van der Waals surface area contributed by atoms with Crippen LogP contribution in [0.2, 0.25) is 30.1 Å². The lowest BCUT2D eigenvalue weighted by atomic mass is 10.3. The quantitative estimate of drug-likeness (QED) is 0.172. The summed E-state index contributed by atoms with van der Waals surface area (Å²) < 4.78 is 37.4. The maximum atomic E-state index is 12.0. The lowest BCUT2D eigenvalue weighted by Gasteiger charge is -2.06. The third-order valence-corrected chi connectivity index (χ3v) is 6.13. The molecule has 0 aromatic carbocycles. The molecule has 3 aromatic heterocycles. The van der Waals surface area contributed by atoms with Crippen LogP contribution in [0.5, 0.6) is 0 Å². The lowest BCUT2D eigenvalue weighted by molar-refractivity contribution is -0.141. The highest BCUT2D eigenvalue weighted by molar-refractivity contribution is 14.1. The van der Waals surface area contributed by atoms with Crippen LogP contribution >= 0.6 is 108 Å². The van der Waals surface area contributed by atoms with Crippen LogP contribution in [0.1, 0.15) is 5.69 Å². The van der Waals surface area contributed by atoms with Gasteiger partial charge in [0, 0.05) is 18.6 Å². The Bertz CT molecular complexity index is 961. The van der Waals surface area contributed by atoms with Gasteiger partial charge >= 0.3 is 6.18 Å². The van der Waals surface area contributed by atoms with Crippen molar-refractivity contribution in [1.82, 2.24) is 15.0 Å². The van der Waals surface area contributed by atoms with Crippen LogP contribution in [0.4, 0.5) is 13.2 Å². The average Bonchev–Trinajstić information content (AvgIpc) is 2.62. The fourth-order valence-electron chi connectivity index (χ4n) is 1.42. The van der Waals surface area contributed by atoms with Crippen molar-refractivity contribution in [3.05, 3.63) is 80.9 Å². The normalized spacial score (nSPS) is 10.5. The summed E-state index contributed by atoms with van der Waals surface area (Å²) in [5, 5.41) is 1.83. The summed E-state index contributed by atoms with van der Waals surface area (Å²) in [5.74, 6) is 0. The van der Waals surface area contributed by atoms with Gasteiger partial charge < -0.3 is 0 Å². The first-order chi connectivity index (χ1) is 13.8. The van der Waals surface area contributed by atoms with Crippen molar-refractivity contribution in [2.75, 3.05) is 0 Å². The van der Waals surface area contributed by atoms with Gasteiger partial charge in [-0.15, -0.1) is 0 Å². The van der Waals surface area contributed by atoms with E-state index in [1.807, 2.05) is 22.6 Å². The minimum absolute atomic E-state index is 0.0769. The second kappa shape index (κ2) is 13.0. The highest BCUT2D eigenvalue weighted by atomic mass is 127. The van der Waals surface area contributed by atoms with Crippen molar-refractivity contribution in [2.45, 2.75) is 6.18 Å². The molecule has 14 heteroatoms. The summed E-state index contributed by atoms with van der Waals surface area (Å²) in [4.78, 5) is 10.8. The van der Waals surface area contributed by atoms with Gasteiger partial charge in [-0.25, -0.2) is 15.0 Å². The van der Waals surface area contributed by atoms with Gasteiger partial charge in [-0.1, -0.05) is 69.6 Å². The highest BCUT2D eigenvalue weighted by Gasteiger charge is 2.35.